The molecule has 6 nitrogen and oxygen atoms in total. The highest BCUT2D eigenvalue weighted by atomic mass is 79.9. The van der Waals surface area contributed by atoms with Crippen LogP contribution in [0.4, 0.5) is 0 Å². The molecule has 2 fully saturated rings. The fourth-order valence-corrected chi connectivity index (χ4v) is 4.58. The van der Waals surface area contributed by atoms with Gasteiger partial charge in [0, 0.05) is 59.0 Å². The Balaban J connectivity index is 1.38. The van der Waals surface area contributed by atoms with Crippen LogP contribution < -0.4 is 5.32 Å². The summed E-state index contributed by atoms with van der Waals surface area (Å²) in [5, 5.41) is 7.06. The number of hydrogen-bond acceptors (Lipinski definition) is 5. The van der Waals surface area contributed by atoms with Gasteiger partial charge in [-0.25, -0.2) is 0 Å². The second-order valence-electron chi connectivity index (χ2n) is 7.22. The highest BCUT2D eigenvalue weighted by Crippen LogP contribution is 2.40. The van der Waals surface area contributed by atoms with Crippen molar-refractivity contribution in [2.75, 3.05) is 13.1 Å². The maximum absolute atomic E-state index is 12.5. The SMILES string of the molecule is C[C@H]1CN(Cc2c(Br)cncc2Br)CC1NC(=O)c1cc(C2CC2)on1. The van der Waals surface area contributed by atoms with Gasteiger partial charge in [0.1, 0.15) is 5.76 Å². The molecule has 1 aliphatic carbocycles. The monoisotopic (exact) mass is 482 g/mol. The number of nitrogens with zero attached hydrogens (tertiary/aromatic N) is 3. The van der Waals surface area contributed by atoms with E-state index < -0.39 is 0 Å². The third-order valence-corrected chi connectivity index (χ3v) is 6.45. The summed E-state index contributed by atoms with van der Waals surface area (Å²) in [6.07, 6.45) is 5.87. The summed E-state index contributed by atoms with van der Waals surface area (Å²) in [5.41, 5.74) is 1.56. The highest BCUT2D eigenvalue weighted by Gasteiger charge is 2.33. The number of pyridine rings is 1. The Labute approximate surface area is 169 Å². The second kappa shape index (κ2) is 7.40. The van der Waals surface area contributed by atoms with E-state index in [9.17, 15) is 4.79 Å². The first-order valence-electron chi connectivity index (χ1n) is 8.79. The second-order valence-corrected chi connectivity index (χ2v) is 8.93. The summed E-state index contributed by atoms with van der Waals surface area (Å²) in [7, 11) is 0. The van der Waals surface area contributed by atoms with E-state index in [1.54, 1.807) is 18.5 Å². The molecule has 1 N–H and O–H groups in total. The molecule has 26 heavy (non-hydrogen) atoms. The van der Waals surface area contributed by atoms with E-state index in [-0.39, 0.29) is 11.9 Å². The zero-order valence-electron chi connectivity index (χ0n) is 14.4. The Morgan fingerprint density at radius 3 is 2.73 bits per heavy atom. The Bertz CT molecular complexity index is 801. The van der Waals surface area contributed by atoms with Gasteiger partial charge >= 0.3 is 0 Å². The number of carbonyl (C=O) groups is 1. The van der Waals surface area contributed by atoms with Gasteiger partial charge in [0.2, 0.25) is 0 Å². The molecule has 2 aromatic heterocycles. The Morgan fingerprint density at radius 2 is 2.04 bits per heavy atom. The summed E-state index contributed by atoms with van der Waals surface area (Å²) in [5.74, 6) is 1.52. The molecular formula is C18H20Br2N4O2. The average molecular weight is 484 g/mol. The lowest BCUT2D eigenvalue weighted by Gasteiger charge is -2.18. The number of rotatable bonds is 5. The van der Waals surface area contributed by atoms with Crippen LogP contribution in [0.3, 0.4) is 0 Å². The smallest absolute Gasteiger partial charge is 0.273 e. The van der Waals surface area contributed by atoms with Crippen LogP contribution in [-0.4, -0.2) is 40.1 Å². The van der Waals surface area contributed by atoms with Crippen molar-refractivity contribution in [2.45, 2.75) is 38.3 Å². The summed E-state index contributed by atoms with van der Waals surface area (Å²) in [4.78, 5) is 19.0. The van der Waals surface area contributed by atoms with E-state index in [2.05, 4.69) is 59.1 Å². The van der Waals surface area contributed by atoms with Crippen LogP contribution in [0.1, 0.15) is 47.5 Å². The number of amides is 1. The molecule has 1 amide bonds. The molecule has 2 aromatic rings. The molecule has 1 unspecified atom stereocenters. The standard InChI is InChI=1S/C18H20Br2N4O2/c1-10-7-24(8-12-13(19)5-21-6-14(12)20)9-16(10)22-18(25)15-4-17(26-23-15)11-2-3-11/h4-6,10-11,16H,2-3,7-9H2,1H3,(H,22,25)/t10-,16?/m0/s1. The van der Waals surface area contributed by atoms with Crippen LogP contribution >= 0.6 is 31.9 Å². The van der Waals surface area contributed by atoms with Crippen molar-refractivity contribution in [1.82, 2.24) is 20.4 Å². The normalized spacial score (nSPS) is 23.3. The van der Waals surface area contributed by atoms with Crippen LogP contribution in [0.25, 0.3) is 0 Å². The van der Waals surface area contributed by atoms with Crippen molar-refractivity contribution >= 4 is 37.8 Å². The topological polar surface area (TPSA) is 71.3 Å². The molecule has 2 atom stereocenters. The number of aromatic nitrogens is 2. The third kappa shape index (κ3) is 3.87. The summed E-state index contributed by atoms with van der Waals surface area (Å²) < 4.78 is 7.27. The van der Waals surface area contributed by atoms with Crippen molar-refractivity contribution in [3.63, 3.8) is 0 Å². The molecule has 0 bridgehead atoms. The molecule has 138 valence electrons. The zero-order valence-corrected chi connectivity index (χ0v) is 17.6. The molecule has 1 saturated heterocycles. The molecular weight excluding hydrogens is 464 g/mol. The number of halogens is 2. The van der Waals surface area contributed by atoms with Crippen molar-refractivity contribution in [3.8, 4) is 0 Å². The van der Waals surface area contributed by atoms with Gasteiger partial charge in [-0.05, 0) is 56.2 Å². The summed E-state index contributed by atoms with van der Waals surface area (Å²) in [6.45, 7) is 4.70. The number of hydrogen-bond donors (Lipinski definition) is 1. The van der Waals surface area contributed by atoms with Crippen molar-refractivity contribution in [1.29, 1.82) is 0 Å². The molecule has 1 aliphatic heterocycles. The van der Waals surface area contributed by atoms with Gasteiger partial charge in [-0.15, -0.1) is 0 Å². The average Bonchev–Trinajstić information content (AvgIpc) is 3.23. The molecule has 3 heterocycles. The van der Waals surface area contributed by atoms with Crippen LogP contribution in [0.5, 0.6) is 0 Å². The molecule has 2 aliphatic rings. The predicted molar refractivity (Wildman–Crippen MR) is 104 cm³/mol. The summed E-state index contributed by atoms with van der Waals surface area (Å²) >= 11 is 7.13. The van der Waals surface area contributed by atoms with Crippen molar-refractivity contribution in [3.05, 3.63) is 44.4 Å². The van der Waals surface area contributed by atoms with Gasteiger partial charge in [0.05, 0.1) is 0 Å². The minimum absolute atomic E-state index is 0.1000. The first-order chi connectivity index (χ1) is 12.5. The first-order valence-corrected chi connectivity index (χ1v) is 10.4. The number of likely N-dealkylation sites (tertiary alicyclic amines) is 1. The van der Waals surface area contributed by atoms with Gasteiger partial charge in [-0.1, -0.05) is 12.1 Å². The van der Waals surface area contributed by atoms with Gasteiger partial charge < -0.3 is 9.84 Å². The molecule has 8 heteroatoms. The fraction of sp³-hybridized carbons (Fsp3) is 0.500. The van der Waals surface area contributed by atoms with Crippen LogP contribution in [-0.2, 0) is 6.54 Å². The van der Waals surface area contributed by atoms with Crippen LogP contribution in [0, 0.1) is 5.92 Å². The van der Waals surface area contributed by atoms with Gasteiger partial charge in [0.25, 0.3) is 5.91 Å². The van der Waals surface area contributed by atoms with E-state index in [4.69, 9.17) is 4.52 Å². The molecule has 0 radical (unpaired) electrons. The Hall–Kier alpha value is -1.25. The maximum Gasteiger partial charge on any atom is 0.273 e. The van der Waals surface area contributed by atoms with Crippen molar-refractivity contribution < 1.29 is 9.32 Å². The minimum atomic E-state index is -0.148. The van der Waals surface area contributed by atoms with E-state index in [0.29, 0.717) is 17.5 Å². The predicted octanol–water partition coefficient (Wildman–Crippen LogP) is 3.72. The lowest BCUT2D eigenvalue weighted by molar-refractivity contribution is 0.0922. The molecule has 4 rings (SSSR count). The van der Waals surface area contributed by atoms with Crippen molar-refractivity contribution in [2.24, 2.45) is 5.92 Å². The Morgan fingerprint density at radius 1 is 1.31 bits per heavy atom. The largest absolute Gasteiger partial charge is 0.360 e. The number of carbonyl (C=O) groups excluding carboxylic acids is 1. The van der Waals surface area contributed by atoms with Gasteiger partial charge in [-0.3, -0.25) is 14.7 Å². The molecule has 0 aromatic carbocycles. The third-order valence-electron chi connectivity index (χ3n) is 5.08. The first kappa shape index (κ1) is 18.1. The highest BCUT2D eigenvalue weighted by molar-refractivity contribution is 9.11. The lowest BCUT2D eigenvalue weighted by Crippen LogP contribution is -2.40. The number of nitrogens with one attached hydrogen (secondary N) is 1. The minimum Gasteiger partial charge on any atom is -0.360 e. The molecule has 1 saturated carbocycles. The summed E-state index contributed by atoms with van der Waals surface area (Å²) in [6, 6.07) is 1.89. The van der Waals surface area contributed by atoms with E-state index >= 15 is 0 Å². The van der Waals surface area contributed by atoms with Gasteiger partial charge in [-0.2, -0.15) is 0 Å². The molecule has 0 spiro atoms. The maximum atomic E-state index is 12.5. The van der Waals surface area contributed by atoms with E-state index in [0.717, 1.165) is 47.2 Å². The van der Waals surface area contributed by atoms with Gasteiger partial charge in [0.15, 0.2) is 5.69 Å². The lowest BCUT2D eigenvalue weighted by atomic mass is 10.1. The van der Waals surface area contributed by atoms with Crippen LogP contribution in [0.2, 0.25) is 0 Å². The quantitative estimate of drug-likeness (QED) is 0.701. The van der Waals surface area contributed by atoms with E-state index in [1.807, 2.05) is 0 Å². The Kier molecular flexibility index (Phi) is 5.16. The zero-order chi connectivity index (χ0) is 18.3. The van der Waals surface area contributed by atoms with Crippen LogP contribution in [0.15, 0.2) is 31.9 Å². The fourth-order valence-electron chi connectivity index (χ4n) is 3.40. The van der Waals surface area contributed by atoms with E-state index in [1.165, 1.54) is 5.56 Å².